The van der Waals surface area contributed by atoms with Gasteiger partial charge in [0.15, 0.2) is 0 Å². The van der Waals surface area contributed by atoms with Crippen molar-refractivity contribution >= 4 is 15.9 Å². The number of carbonyl (C=O) groups is 1. The molecular weight excluding hydrogens is 312 g/mol. The lowest BCUT2D eigenvalue weighted by Crippen LogP contribution is -2.43. The summed E-state index contributed by atoms with van der Waals surface area (Å²) in [4.78, 5) is 12.4. The molecule has 1 aromatic carbocycles. The molecule has 1 fully saturated rings. The molecule has 2 rings (SSSR count). The van der Waals surface area contributed by atoms with Crippen molar-refractivity contribution in [1.82, 2.24) is 9.62 Å². The zero-order valence-corrected chi connectivity index (χ0v) is 14.7. The Morgan fingerprint density at radius 3 is 2.61 bits per heavy atom. The molecule has 1 saturated heterocycles. The maximum absolute atomic E-state index is 12.7. The second-order valence-corrected chi connectivity index (χ2v) is 8.08. The van der Waals surface area contributed by atoms with Gasteiger partial charge in [-0.1, -0.05) is 25.5 Å². The van der Waals surface area contributed by atoms with E-state index in [-0.39, 0.29) is 11.8 Å². The van der Waals surface area contributed by atoms with Gasteiger partial charge in [0.1, 0.15) is 0 Å². The molecule has 0 aromatic heterocycles. The Labute approximate surface area is 139 Å². The molecule has 23 heavy (non-hydrogen) atoms. The number of rotatable bonds is 6. The Morgan fingerprint density at radius 2 is 2.00 bits per heavy atom. The molecule has 1 N–H and O–H groups in total. The summed E-state index contributed by atoms with van der Waals surface area (Å²) in [5.74, 6) is -0.0122. The lowest BCUT2D eigenvalue weighted by atomic mass is 9.97. The summed E-state index contributed by atoms with van der Waals surface area (Å²) in [5, 5.41) is 2.94. The maximum atomic E-state index is 12.7. The molecule has 1 aromatic rings. The van der Waals surface area contributed by atoms with E-state index in [1.54, 1.807) is 18.2 Å². The van der Waals surface area contributed by atoms with Gasteiger partial charge in [0.2, 0.25) is 15.9 Å². The molecule has 1 aliphatic heterocycles. The molecule has 0 saturated carbocycles. The third kappa shape index (κ3) is 4.54. The minimum absolute atomic E-state index is 0.0612. The van der Waals surface area contributed by atoms with Crippen molar-refractivity contribution < 1.29 is 13.2 Å². The van der Waals surface area contributed by atoms with Crippen molar-refractivity contribution in [3.05, 3.63) is 29.8 Å². The van der Waals surface area contributed by atoms with E-state index in [1.165, 1.54) is 4.31 Å². The van der Waals surface area contributed by atoms with Gasteiger partial charge in [0, 0.05) is 25.6 Å². The first-order valence-electron chi connectivity index (χ1n) is 8.29. The number of aryl methyl sites for hydroxylation is 1. The van der Waals surface area contributed by atoms with Crippen LogP contribution in [0.5, 0.6) is 0 Å². The van der Waals surface area contributed by atoms with Crippen LogP contribution in [-0.2, 0) is 14.8 Å². The number of amides is 1. The second kappa shape index (κ2) is 7.93. The van der Waals surface area contributed by atoms with Crippen LogP contribution in [0.2, 0.25) is 0 Å². The summed E-state index contributed by atoms with van der Waals surface area (Å²) in [6.45, 7) is 5.48. The largest absolute Gasteiger partial charge is 0.356 e. The number of hydrogen-bond donors (Lipinski definition) is 1. The van der Waals surface area contributed by atoms with Crippen LogP contribution in [-0.4, -0.2) is 38.3 Å². The predicted molar refractivity (Wildman–Crippen MR) is 90.6 cm³/mol. The molecule has 1 aliphatic rings. The van der Waals surface area contributed by atoms with Gasteiger partial charge in [-0.05, 0) is 43.9 Å². The van der Waals surface area contributed by atoms with E-state index in [4.69, 9.17) is 0 Å². The number of sulfonamides is 1. The monoisotopic (exact) mass is 338 g/mol. The average Bonchev–Trinajstić information content (AvgIpc) is 2.55. The lowest BCUT2D eigenvalue weighted by Gasteiger charge is -2.30. The summed E-state index contributed by atoms with van der Waals surface area (Å²) >= 11 is 0. The van der Waals surface area contributed by atoms with Gasteiger partial charge in [-0.2, -0.15) is 4.31 Å². The van der Waals surface area contributed by atoms with Crippen molar-refractivity contribution in [2.24, 2.45) is 5.92 Å². The number of nitrogens with one attached hydrogen (secondary N) is 1. The van der Waals surface area contributed by atoms with E-state index < -0.39 is 10.0 Å². The molecular formula is C17H26N2O3S. The number of benzene rings is 1. The highest BCUT2D eigenvalue weighted by Gasteiger charge is 2.31. The predicted octanol–water partition coefficient (Wildman–Crippen LogP) is 2.31. The van der Waals surface area contributed by atoms with Crippen molar-refractivity contribution in [1.29, 1.82) is 0 Å². The van der Waals surface area contributed by atoms with Crippen LogP contribution in [0, 0.1) is 12.8 Å². The van der Waals surface area contributed by atoms with Crippen LogP contribution in [0.4, 0.5) is 0 Å². The van der Waals surface area contributed by atoms with Crippen LogP contribution in [0.3, 0.4) is 0 Å². The Morgan fingerprint density at radius 1 is 1.30 bits per heavy atom. The second-order valence-electron chi connectivity index (χ2n) is 6.14. The molecule has 0 aliphatic carbocycles. The molecule has 6 heteroatoms. The smallest absolute Gasteiger partial charge is 0.243 e. The molecule has 0 bridgehead atoms. The van der Waals surface area contributed by atoms with E-state index in [0.29, 0.717) is 37.4 Å². The zero-order valence-electron chi connectivity index (χ0n) is 13.9. The van der Waals surface area contributed by atoms with Gasteiger partial charge < -0.3 is 5.32 Å². The molecule has 0 spiro atoms. The minimum Gasteiger partial charge on any atom is -0.356 e. The van der Waals surface area contributed by atoms with E-state index in [9.17, 15) is 13.2 Å². The molecule has 0 radical (unpaired) electrons. The van der Waals surface area contributed by atoms with Crippen LogP contribution in [0.25, 0.3) is 0 Å². The van der Waals surface area contributed by atoms with E-state index >= 15 is 0 Å². The average molecular weight is 338 g/mol. The fraction of sp³-hybridized carbons (Fsp3) is 0.588. The first-order chi connectivity index (χ1) is 10.9. The topological polar surface area (TPSA) is 66.5 Å². The quantitative estimate of drug-likeness (QED) is 0.810. The standard InChI is InChI=1S/C17H26N2O3S/c1-3-4-10-18-17(20)15-8-11-19(12-9-15)23(21,22)16-7-5-6-14(2)13-16/h5-7,13,15H,3-4,8-12H2,1-2H3,(H,18,20). The van der Waals surface area contributed by atoms with Gasteiger partial charge in [0.05, 0.1) is 4.90 Å². The Bertz CT molecular complexity index is 635. The highest BCUT2D eigenvalue weighted by Crippen LogP contribution is 2.24. The lowest BCUT2D eigenvalue weighted by molar-refractivity contribution is -0.126. The third-order valence-electron chi connectivity index (χ3n) is 4.28. The first-order valence-corrected chi connectivity index (χ1v) is 9.73. The number of carbonyl (C=O) groups excluding carboxylic acids is 1. The summed E-state index contributed by atoms with van der Waals surface area (Å²) in [7, 11) is -3.45. The molecule has 0 atom stereocenters. The maximum Gasteiger partial charge on any atom is 0.243 e. The number of piperidine rings is 1. The SMILES string of the molecule is CCCCNC(=O)C1CCN(S(=O)(=O)c2cccc(C)c2)CC1. The molecule has 5 nitrogen and oxygen atoms in total. The van der Waals surface area contributed by atoms with Gasteiger partial charge in [-0.25, -0.2) is 8.42 Å². The van der Waals surface area contributed by atoms with Crippen LogP contribution < -0.4 is 5.32 Å². The Kier molecular flexibility index (Phi) is 6.18. The summed E-state index contributed by atoms with van der Waals surface area (Å²) in [6, 6.07) is 6.97. The summed E-state index contributed by atoms with van der Waals surface area (Å²) < 4.78 is 26.8. The summed E-state index contributed by atoms with van der Waals surface area (Å²) in [6.07, 6.45) is 3.20. The van der Waals surface area contributed by atoms with E-state index in [1.807, 2.05) is 13.0 Å². The fourth-order valence-electron chi connectivity index (χ4n) is 2.82. The number of unbranched alkanes of at least 4 members (excludes halogenated alkanes) is 1. The molecule has 1 amide bonds. The van der Waals surface area contributed by atoms with Gasteiger partial charge in [-0.15, -0.1) is 0 Å². The minimum atomic E-state index is -3.45. The van der Waals surface area contributed by atoms with Crippen molar-refractivity contribution in [2.75, 3.05) is 19.6 Å². The normalized spacial score (nSPS) is 17.1. The highest BCUT2D eigenvalue weighted by atomic mass is 32.2. The van der Waals surface area contributed by atoms with Crippen molar-refractivity contribution in [3.8, 4) is 0 Å². The van der Waals surface area contributed by atoms with E-state index in [0.717, 1.165) is 18.4 Å². The van der Waals surface area contributed by atoms with Crippen LogP contribution in [0.1, 0.15) is 38.2 Å². The molecule has 0 unspecified atom stereocenters. The van der Waals surface area contributed by atoms with Crippen molar-refractivity contribution in [2.45, 2.75) is 44.4 Å². The van der Waals surface area contributed by atoms with E-state index in [2.05, 4.69) is 12.2 Å². The van der Waals surface area contributed by atoms with Gasteiger partial charge in [-0.3, -0.25) is 4.79 Å². The van der Waals surface area contributed by atoms with Crippen LogP contribution in [0.15, 0.2) is 29.2 Å². The number of hydrogen-bond acceptors (Lipinski definition) is 3. The molecule has 128 valence electrons. The number of nitrogens with zero attached hydrogens (tertiary/aromatic N) is 1. The van der Waals surface area contributed by atoms with Gasteiger partial charge in [0.25, 0.3) is 0 Å². The highest BCUT2D eigenvalue weighted by molar-refractivity contribution is 7.89. The van der Waals surface area contributed by atoms with Gasteiger partial charge >= 0.3 is 0 Å². The van der Waals surface area contributed by atoms with Crippen molar-refractivity contribution in [3.63, 3.8) is 0 Å². The third-order valence-corrected chi connectivity index (χ3v) is 6.18. The fourth-order valence-corrected chi connectivity index (χ4v) is 4.39. The zero-order chi connectivity index (χ0) is 16.9. The molecule has 1 heterocycles. The Hall–Kier alpha value is -1.40. The first kappa shape index (κ1) is 17.9. The van der Waals surface area contributed by atoms with Crippen LogP contribution >= 0.6 is 0 Å². The Balaban J connectivity index is 1.94. The summed E-state index contributed by atoms with van der Waals surface area (Å²) in [5.41, 5.74) is 0.927.